The molecule has 0 aromatic carbocycles. The van der Waals surface area contributed by atoms with Gasteiger partial charge in [0.2, 0.25) is 0 Å². The van der Waals surface area contributed by atoms with Crippen molar-refractivity contribution in [2.24, 2.45) is 11.8 Å². The largest absolute Gasteiger partial charge is 0.300 e. The van der Waals surface area contributed by atoms with E-state index in [0.717, 1.165) is 12.3 Å². The molecule has 0 radical (unpaired) electrons. The summed E-state index contributed by atoms with van der Waals surface area (Å²) in [5.41, 5.74) is 0. The van der Waals surface area contributed by atoms with E-state index in [0.29, 0.717) is 25.2 Å². The molecule has 0 spiro atoms. The van der Waals surface area contributed by atoms with Crippen molar-refractivity contribution < 1.29 is 9.59 Å². The second-order valence-electron chi connectivity index (χ2n) is 5.37. The smallest absolute Gasteiger partial charge is 0.133 e. The van der Waals surface area contributed by atoms with E-state index in [1.807, 2.05) is 0 Å². The van der Waals surface area contributed by atoms with Gasteiger partial charge in [-0.2, -0.15) is 0 Å². The molecule has 0 bridgehead atoms. The lowest BCUT2D eigenvalue weighted by Gasteiger charge is -2.11. The first kappa shape index (κ1) is 15.3. The maximum Gasteiger partial charge on any atom is 0.133 e. The number of rotatable bonds is 9. The van der Waals surface area contributed by atoms with Crippen molar-refractivity contribution in [3.05, 3.63) is 0 Å². The number of carbonyl (C=O) groups excluding carboxylic acids is 2. The minimum Gasteiger partial charge on any atom is -0.300 e. The molecule has 1 atom stereocenters. The molecule has 0 aliphatic carbocycles. The lowest BCUT2D eigenvalue weighted by atomic mass is 9.94. The summed E-state index contributed by atoms with van der Waals surface area (Å²) in [6.07, 6.45) is 5.07. The van der Waals surface area contributed by atoms with E-state index >= 15 is 0 Å². The first-order chi connectivity index (χ1) is 7.41. The summed E-state index contributed by atoms with van der Waals surface area (Å²) in [5, 5.41) is 0. The maximum absolute atomic E-state index is 11.5. The minimum atomic E-state index is 0.112. The zero-order chi connectivity index (χ0) is 12.6. The van der Waals surface area contributed by atoms with Gasteiger partial charge < -0.3 is 4.79 Å². The lowest BCUT2D eigenvalue weighted by Crippen LogP contribution is -2.07. The van der Waals surface area contributed by atoms with Crippen molar-refractivity contribution in [1.82, 2.24) is 0 Å². The van der Waals surface area contributed by atoms with Crippen LogP contribution in [0.3, 0.4) is 0 Å². The van der Waals surface area contributed by atoms with Crippen LogP contribution >= 0.6 is 0 Å². The van der Waals surface area contributed by atoms with Crippen LogP contribution in [-0.4, -0.2) is 11.6 Å². The third kappa shape index (κ3) is 9.88. The molecule has 0 saturated carbocycles. The standard InChI is InChI=1S/C14H26O2/c1-11(2)6-5-7-12(3)10-14(16)9-8-13(4)15/h11-12H,5-10H2,1-4H3. The van der Waals surface area contributed by atoms with E-state index in [-0.39, 0.29) is 11.6 Å². The van der Waals surface area contributed by atoms with Gasteiger partial charge >= 0.3 is 0 Å². The fourth-order valence-electron chi connectivity index (χ4n) is 1.78. The first-order valence-corrected chi connectivity index (χ1v) is 6.43. The highest BCUT2D eigenvalue weighted by Crippen LogP contribution is 2.16. The minimum absolute atomic E-state index is 0.112. The van der Waals surface area contributed by atoms with E-state index in [1.54, 1.807) is 6.92 Å². The van der Waals surface area contributed by atoms with Crippen molar-refractivity contribution in [1.29, 1.82) is 0 Å². The van der Waals surface area contributed by atoms with Crippen molar-refractivity contribution in [3.63, 3.8) is 0 Å². The van der Waals surface area contributed by atoms with Gasteiger partial charge in [0.15, 0.2) is 0 Å². The molecule has 0 saturated heterocycles. The van der Waals surface area contributed by atoms with Crippen LogP contribution in [0.4, 0.5) is 0 Å². The molecule has 0 aliphatic rings. The quantitative estimate of drug-likeness (QED) is 0.599. The van der Waals surface area contributed by atoms with Crippen molar-refractivity contribution >= 4 is 11.6 Å². The molecule has 0 aromatic rings. The van der Waals surface area contributed by atoms with E-state index in [1.165, 1.54) is 12.8 Å². The Morgan fingerprint density at radius 2 is 1.62 bits per heavy atom. The molecular formula is C14H26O2. The fourth-order valence-corrected chi connectivity index (χ4v) is 1.78. The van der Waals surface area contributed by atoms with Crippen LogP contribution in [0.5, 0.6) is 0 Å². The molecule has 0 amide bonds. The number of Topliss-reactive ketones (excluding diaryl/α,β-unsaturated/α-hetero) is 2. The molecule has 16 heavy (non-hydrogen) atoms. The Morgan fingerprint density at radius 3 is 2.12 bits per heavy atom. The summed E-state index contributed by atoms with van der Waals surface area (Å²) in [6.45, 7) is 8.12. The SMILES string of the molecule is CC(=O)CCC(=O)CC(C)CCCC(C)C. The second kappa shape index (κ2) is 8.49. The summed E-state index contributed by atoms with van der Waals surface area (Å²) in [6, 6.07) is 0. The van der Waals surface area contributed by atoms with Gasteiger partial charge in [0.1, 0.15) is 11.6 Å². The van der Waals surface area contributed by atoms with Crippen LogP contribution in [0.2, 0.25) is 0 Å². The Labute approximate surface area is 99.8 Å². The molecule has 0 fully saturated rings. The van der Waals surface area contributed by atoms with E-state index in [4.69, 9.17) is 0 Å². The average molecular weight is 226 g/mol. The molecule has 94 valence electrons. The highest BCUT2D eigenvalue weighted by Gasteiger charge is 2.10. The molecule has 2 heteroatoms. The van der Waals surface area contributed by atoms with Gasteiger partial charge in [-0.25, -0.2) is 0 Å². The van der Waals surface area contributed by atoms with Gasteiger partial charge in [0.25, 0.3) is 0 Å². The summed E-state index contributed by atoms with van der Waals surface area (Å²) in [7, 11) is 0. The first-order valence-electron chi connectivity index (χ1n) is 6.43. The predicted octanol–water partition coefficient (Wildman–Crippen LogP) is 3.78. The Hall–Kier alpha value is -0.660. The van der Waals surface area contributed by atoms with E-state index in [2.05, 4.69) is 20.8 Å². The number of hydrogen-bond acceptors (Lipinski definition) is 2. The lowest BCUT2D eigenvalue weighted by molar-refractivity contribution is -0.123. The van der Waals surface area contributed by atoms with Gasteiger partial charge in [-0.3, -0.25) is 4.79 Å². The molecule has 0 aliphatic heterocycles. The molecular weight excluding hydrogens is 200 g/mol. The van der Waals surface area contributed by atoms with Crippen LogP contribution in [0.15, 0.2) is 0 Å². The summed E-state index contributed by atoms with van der Waals surface area (Å²) in [5.74, 6) is 1.58. The van der Waals surface area contributed by atoms with Crippen molar-refractivity contribution in [2.75, 3.05) is 0 Å². The Balaban J connectivity index is 3.57. The zero-order valence-electron chi connectivity index (χ0n) is 11.2. The molecule has 0 heterocycles. The number of hydrogen-bond donors (Lipinski definition) is 0. The van der Waals surface area contributed by atoms with Crippen molar-refractivity contribution in [2.45, 2.75) is 66.2 Å². The fraction of sp³-hybridized carbons (Fsp3) is 0.857. The van der Waals surface area contributed by atoms with Crippen LogP contribution in [0, 0.1) is 11.8 Å². The Kier molecular flexibility index (Phi) is 8.14. The van der Waals surface area contributed by atoms with Gasteiger partial charge in [-0.05, 0) is 18.8 Å². The van der Waals surface area contributed by atoms with Gasteiger partial charge in [-0.1, -0.05) is 40.0 Å². The van der Waals surface area contributed by atoms with Crippen molar-refractivity contribution in [3.8, 4) is 0 Å². The second-order valence-corrected chi connectivity index (χ2v) is 5.37. The molecule has 0 aromatic heterocycles. The van der Waals surface area contributed by atoms with Gasteiger partial charge in [0.05, 0.1) is 0 Å². The predicted molar refractivity (Wildman–Crippen MR) is 67.4 cm³/mol. The normalized spacial score (nSPS) is 12.8. The Morgan fingerprint density at radius 1 is 1.00 bits per heavy atom. The summed E-state index contributed by atoms with van der Waals surface area (Å²) < 4.78 is 0. The summed E-state index contributed by atoms with van der Waals surface area (Å²) in [4.78, 5) is 22.2. The highest BCUT2D eigenvalue weighted by molar-refractivity contribution is 5.84. The van der Waals surface area contributed by atoms with Gasteiger partial charge in [-0.15, -0.1) is 0 Å². The third-order valence-electron chi connectivity index (χ3n) is 2.81. The van der Waals surface area contributed by atoms with Gasteiger partial charge in [0, 0.05) is 19.3 Å². The molecule has 0 rings (SSSR count). The average Bonchev–Trinajstić information content (AvgIpc) is 2.14. The number of ketones is 2. The van der Waals surface area contributed by atoms with Crippen LogP contribution in [0.25, 0.3) is 0 Å². The number of carbonyl (C=O) groups is 2. The zero-order valence-corrected chi connectivity index (χ0v) is 11.2. The monoisotopic (exact) mass is 226 g/mol. The Bertz CT molecular complexity index is 219. The maximum atomic E-state index is 11.5. The topological polar surface area (TPSA) is 34.1 Å². The van der Waals surface area contributed by atoms with Crippen LogP contribution in [-0.2, 0) is 9.59 Å². The highest BCUT2D eigenvalue weighted by atomic mass is 16.1. The summed E-state index contributed by atoms with van der Waals surface area (Å²) >= 11 is 0. The molecule has 1 unspecified atom stereocenters. The van der Waals surface area contributed by atoms with Crippen LogP contribution < -0.4 is 0 Å². The molecule has 0 N–H and O–H groups in total. The molecule has 2 nitrogen and oxygen atoms in total. The third-order valence-corrected chi connectivity index (χ3v) is 2.81. The van der Waals surface area contributed by atoms with Crippen LogP contribution in [0.1, 0.15) is 66.2 Å². The van der Waals surface area contributed by atoms with E-state index in [9.17, 15) is 9.59 Å². The van der Waals surface area contributed by atoms with E-state index < -0.39 is 0 Å².